The van der Waals surface area contributed by atoms with Crippen LogP contribution in [0.25, 0.3) is 0 Å². The number of carbonyl (C=O) groups is 1. The number of benzene rings is 1. The van der Waals surface area contributed by atoms with Gasteiger partial charge in [0, 0.05) is 39.3 Å². The zero-order chi connectivity index (χ0) is 18.6. The lowest BCUT2D eigenvalue weighted by Crippen LogP contribution is -2.58. The van der Waals surface area contributed by atoms with E-state index in [-0.39, 0.29) is 5.91 Å². The fourth-order valence-electron chi connectivity index (χ4n) is 4.42. The molecule has 1 aromatic rings. The first-order valence-corrected chi connectivity index (χ1v) is 9.87. The predicted octanol–water partition coefficient (Wildman–Crippen LogP) is 2.27. The summed E-state index contributed by atoms with van der Waals surface area (Å²) in [5.41, 5.74) is 0.722. The minimum atomic E-state index is -0.635. The standard InChI is InChI=1S/C21H33N3O2/c1-17-15-19(9-14-24(17)16-18-7-5-4-6-8-18)23(2)20(25)21(26-3)10-12-22-13-11-21/h4-8,17,19,22H,9-16H2,1-3H3. The maximum atomic E-state index is 13.2. The molecule has 144 valence electrons. The highest BCUT2D eigenvalue weighted by Gasteiger charge is 2.43. The van der Waals surface area contributed by atoms with Crippen molar-refractivity contribution in [1.82, 2.24) is 15.1 Å². The van der Waals surface area contributed by atoms with E-state index in [4.69, 9.17) is 4.74 Å². The van der Waals surface area contributed by atoms with Gasteiger partial charge < -0.3 is 15.0 Å². The van der Waals surface area contributed by atoms with Gasteiger partial charge in [0.2, 0.25) is 0 Å². The highest BCUT2D eigenvalue weighted by Crippen LogP contribution is 2.29. The van der Waals surface area contributed by atoms with E-state index in [0.717, 1.165) is 51.9 Å². The molecule has 1 amide bonds. The topological polar surface area (TPSA) is 44.8 Å². The van der Waals surface area contributed by atoms with Crippen molar-refractivity contribution >= 4 is 5.91 Å². The lowest BCUT2D eigenvalue weighted by atomic mass is 9.88. The van der Waals surface area contributed by atoms with E-state index in [1.807, 2.05) is 11.9 Å². The van der Waals surface area contributed by atoms with Crippen LogP contribution in [0.15, 0.2) is 30.3 Å². The Morgan fingerprint density at radius 1 is 1.31 bits per heavy atom. The Hall–Kier alpha value is -1.43. The molecular formula is C21H33N3O2. The number of likely N-dealkylation sites (tertiary alicyclic amines) is 1. The van der Waals surface area contributed by atoms with Gasteiger partial charge >= 0.3 is 0 Å². The largest absolute Gasteiger partial charge is 0.368 e. The molecule has 2 aliphatic rings. The maximum absolute atomic E-state index is 13.2. The third-order valence-electron chi connectivity index (χ3n) is 6.27. The number of amides is 1. The fraction of sp³-hybridized carbons (Fsp3) is 0.667. The maximum Gasteiger partial charge on any atom is 0.254 e. The van der Waals surface area contributed by atoms with Gasteiger partial charge in [-0.15, -0.1) is 0 Å². The number of nitrogens with one attached hydrogen (secondary N) is 1. The molecule has 2 heterocycles. The number of rotatable bonds is 5. The number of hydrogen-bond acceptors (Lipinski definition) is 4. The number of nitrogens with zero attached hydrogens (tertiary/aromatic N) is 2. The summed E-state index contributed by atoms with van der Waals surface area (Å²) in [5.74, 6) is 0.162. The molecule has 1 aromatic carbocycles. The van der Waals surface area contributed by atoms with Crippen LogP contribution in [-0.2, 0) is 16.1 Å². The Morgan fingerprint density at radius 2 is 2.00 bits per heavy atom. The summed E-state index contributed by atoms with van der Waals surface area (Å²) in [6, 6.07) is 11.4. The Labute approximate surface area is 157 Å². The second-order valence-corrected chi connectivity index (χ2v) is 7.85. The molecule has 2 saturated heterocycles. The van der Waals surface area contributed by atoms with E-state index in [2.05, 4.69) is 47.5 Å². The van der Waals surface area contributed by atoms with Crippen LogP contribution in [-0.4, -0.2) is 67.2 Å². The molecule has 2 atom stereocenters. The molecule has 2 unspecified atom stereocenters. The van der Waals surface area contributed by atoms with Crippen molar-refractivity contribution in [2.45, 2.75) is 56.8 Å². The van der Waals surface area contributed by atoms with Crippen molar-refractivity contribution in [2.75, 3.05) is 33.8 Å². The molecule has 0 radical (unpaired) electrons. The lowest BCUT2D eigenvalue weighted by molar-refractivity contribution is -0.160. The molecule has 26 heavy (non-hydrogen) atoms. The van der Waals surface area contributed by atoms with Crippen molar-refractivity contribution in [3.63, 3.8) is 0 Å². The quantitative estimate of drug-likeness (QED) is 0.876. The summed E-state index contributed by atoms with van der Waals surface area (Å²) in [6.45, 7) is 5.99. The van der Waals surface area contributed by atoms with Crippen LogP contribution in [0.4, 0.5) is 0 Å². The second-order valence-electron chi connectivity index (χ2n) is 7.85. The molecule has 0 spiro atoms. The fourth-order valence-corrected chi connectivity index (χ4v) is 4.42. The predicted molar refractivity (Wildman–Crippen MR) is 104 cm³/mol. The van der Waals surface area contributed by atoms with Gasteiger partial charge in [-0.2, -0.15) is 0 Å². The number of carbonyl (C=O) groups excluding carboxylic acids is 1. The lowest BCUT2D eigenvalue weighted by Gasteiger charge is -2.44. The average Bonchev–Trinajstić information content (AvgIpc) is 2.69. The molecule has 1 N–H and O–H groups in total. The smallest absolute Gasteiger partial charge is 0.254 e. The minimum Gasteiger partial charge on any atom is -0.368 e. The molecule has 0 aromatic heterocycles. The summed E-state index contributed by atoms with van der Waals surface area (Å²) in [5, 5.41) is 3.33. The van der Waals surface area contributed by atoms with Gasteiger partial charge in [0.1, 0.15) is 5.60 Å². The number of piperidine rings is 2. The Bertz CT molecular complexity index is 586. The molecule has 3 rings (SSSR count). The van der Waals surface area contributed by atoms with Crippen molar-refractivity contribution in [3.05, 3.63) is 35.9 Å². The minimum absolute atomic E-state index is 0.162. The summed E-state index contributed by atoms with van der Waals surface area (Å²) >= 11 is 0. The first-order valence-electron chi connectivity index (χ1n) is 9.87. The highest BCUT2D eigenvalue weighted by atomic mass is 16.5. The van der Waals surface area contributed by atoms with Crippen LogP contribution in [0.3, 0.4) is 0 Å². The first-order chi connectivity index (χ1) is 12.6. The van der Waals surface area contributed by atoms with E-state index in [1.165, 1.54) is 5.56 Å². The van der Waals surface area contributed by atoms with Gasteiger partial charge in [-0.05, 0) is 51.3 Å². The molecular weight excluding hydrogens is 326 g/mol. The van der Waals surface area contributed by atoms with Crippen LogP contribution in [0.1, 0.15) is 38.2 Å². The zero-order valence-electron chi connectivity index (χ0n) is 16.4. The average molecular weight is 360 g/mol. The second kappa shape index (κ2) is 8.51. The summed E-state index contributed by atoms with van der Waals surface area (Å²) in [7, 11) is 3.65. The number of ether oxygens (including phenoxy) is 1. The van der Waals surface area contributed by atoms with E-state index < -0.39 is 5.60 Å². The van der Waals surface area contributed by atoms with Gasteiger partial charge in [-0.25, -0.2) is 0 Å². The molecule has 5 heteroatoms. The number of likely N-dealkylation sites (N-methyl/N-ethyl adjacent to an activating group) is 1. The van der Waals surface area contributed by atoms with Crippen LogP contribution >= 0.6 is 0 Å². The van der Waals surface area contributed by atoms with Gasteiger partial charge in [-0.1, -0.05) is 30.3 Å². The molecule has 2 aliphatic heterocycles. The van der Waals surface area contributed by atoms with E-state index in [1.54, 1.807) is 7.11 Å². The Morgan fingerprint density at radius 3 is 2.62 bits per heavy atom. The number of hydrogen-bond donors (Lipinski definition) is 1. The van der Waals surface area contributed by atoms with E-state index in [0.29, 0.717) is 12.1 Å². The van der Waals surface area contributed by atoms with Crippen LogP contribution in [0.5, 0.6) is 0 Å². The molecule has 0 bridgehead atoms. The van der Waals surface area contributed by atoms with Gasteiger partial charge in [-0.3, -0.25) is 9.69 Å². The van der Waals surface area contributed by atoms with Crippen LogP contribution in [0.2, 0.25) is 0 Å². The van der Waals surface area contributed by atoms with Crippen molar-refractivity contribution < 1.29 is 9.53 Å². The summed E-state index contributed by atoms with van der Waals surface area (Å²) in [6.07, 6.45) is 3.56. The third-order valence-corrected chi connectivity index (χ3v) is 6.27. The molecule has 0 aliphatic carbocycles. The normalized spacial score (nSPS) is 26.4. The summed E-state index contributed by atoms with van der Waals surface area (Å²) in [4.78, 5) is 17.7. The van der Waals surface area contributed by atoms with Crippen molar-refractivity contribution in [3.8, 4) is 0 Å². The van der Waals surface area contributed by atoms with Gasteiger partial charge in [0.05, 0.1) is 0 Å². The van der Waals surface area contributed by atoms with Crippen LogP contribution < -0.4 is 5.32 Å². The van der Waals surface area contributed by atoms with Crippen molar-refractivity contribution in [1.29, 1.82) is 0 Å². The van der Waals surface area contributed by atoms with E-state index in [9.17, 15) is 4.79 Å². The molecule has 0 saturated carbocycles. The van der Waals surface area contributed by atoms with Crippen LogP contribution in [0, 0.1) is 0 Å². The Balaban J connectivity index is 1.59. The first kappa shape index (κ1) is 19.3. The highest BCUT2D eigenvalue weighted by molar-refractivity contribution is 5.85. The monoisotopic (exact) mass is 359 g/mol. The van der Waals surface area contributed by atoms with Gasteiger partial charge in [0.15, 0.2) is 0 Å². The van der Waals surface area contributed by atoms with Crippen molar-refractivity contribution in [2.24, 2.45) is 0 Å². The third kappa shape index (κ3) is 4.11. The Kier molecular flexibility index (Phi) is 6.33. The molecule has 5 nitrogen and oxygen atoms in total. The molecule has 2 fully saturated rings. The SMILES string of the molecule is COC1(C(=O)N(C)C2CCN(Cc3ccccc3)C(C)C2)CCNCC1. The zero-order valence-corrected chi connectivity index (χ0v) is 16.4. The summed E-state index contributed by atoms with van der Waals surface area (Å²) < 4.78 is 5.74. The van der Waals surface area contributed by atoms with E-state index >= 15 is 0 Å². The van der Waals surface area contributed by atoms with Gasteiger partial charge in [0.25, 0.3) is 5.91 Å². The number of methoxy groups -OCH3 is 1.